The third-order valence-corrected chi connectivity index (χ3v) is 3.62. The molecule has 1 aromatic heterocycles. The molecule has 0 spiro atoms. The molecule has 2 heterocycles. The van der Waals surface area contributed by atoms with Crippen molar-refractivity contribution in [1.29, 1.82) is 0 Å². The van der Waals surface area contributed by atoms with Gasteiger partial charge in [0.25, 0.3) is 0 Å². The minimum atomic E-state index is -4.36. The lowest BCUT2D eigenvalue weighted by atomic mass is 9.95. The number of hydrogen-bond donors (Lipinski definition) is 0. The summed E-state index contributed by atoms with van der Waals surface area (Å²) in [5, 5.41) is 0. The van der Waals surface area contributed by atoms with Gasteiger partial charge in [-0.3, -0.25) is 0 Å². The molecule has 1 aromatic rings. The average Bonchev–Trinajstić information content (AvgIpc) is 2.38. The highest BCUT2D eigenvalue weighted by Crippen LogP contribution is 2.30. The Morgan fingerprint density at radius 2 is 1.68 bits per heavy atom. The van der Waals surface area contributed by atoms with Crippen LogP contribution in [0.2, 0.25) is 0 Å². The fourth-order valence-corrected chi connectivity index (χ4v) is 2.37. The fourth-order valence-electron chi connectivity index (χ4n) is 2.37. The second-order valence-electron chi connectivity index (χ2n) is 5.23. The van der Waals surface area contributed by atoms with E-state index in [4.69, 9.17) is 0 Å². The predicted molar refractivity (Wildman–Crippen MR) is 65.7 cm³/mol. The van der Waals surface area contributed by atoms with Gasteiger partial charge in [0.15, 0.2) is 0 Å². The van der Waals surface area contributed by atoms with E-state index in [1.54, 1.807) is 0 Å². The number of rotatable bonds is 2. The Morgan fingerprint density at radius 3 is 2.11 bits per heavy atom. The highest BCUT2D eigenvalue weighted by Gasteiger charge is 2.32. The molecule has 6 heteroatoms. The van der Waals surface area contributed by atoms with Crippen LogP contribution in [0.15, 0.2) is 12.4 Å². The minimum absolute atomic E-state index is 0.178. The summed E-state index contributed by atoms with van der Waals surface area (Å²) in [6, 6.07) is 0.509. The molecule has 1 aliphatic rings. The van der Waals surface area contributed by atoms with E-state index in [-0.39, 0.29) is 5.92 Å². The van der Waals surface area contributed by atoms with E-state index in [1.165, 1.54) is 0 Å². The molecule has 1 saturated heterocycles. The molecule has 0 atom stereocenters. The lowest BCUT2D eigenvalue weighted by molar-refractivity contribution is -0.138. The number of piperidine rings is 1. The number of likely N-dealkylation sites (tertiary alicyclic amines) is 1. The molecule has 1 fully saturated rings. The highest BCUT2D eigenvalue weighted by molar-refractivity contribution is 5.11. The maximum atomic E-state index is 12.4. The van der Waals surface area contributed by atoms with Gasteiger partial charge in [0.1, 0.15) is 5.82 Å². The van der Waals surface area contributed by atoms with Crippen molar-refractivity contribution in [2.75, 3.05) is 13.1 Å². The number of nitrogens with zero attached hydrogens (tertiary/aromatic N) is 3. The first-order valence-corrected chi connectivity index (χ1v) is 6.51. The van der Waals surface area contributed by atoms with Gasteiger partial charge in [0, 0.05) is 24.4 Å². The number of halogens is 3. The van der Waals surface area contributed by atoms with Crippen molar-refractivity contribution < 1.29 is 13.2 Å². The van der Waals surface area contributed by atoms with Crippen LogP contribution in [-0.4, -0.2) is 34.0 Å². The van der Waals surface area contributed by atoms with Gasteiger partial charge < -0.3 is 4.90 Å². The first-order valence-electron chi connectivity index (χ1n) is 6.51. The van der Waals surface area contributed by atoms with Crippen LogP contribution in [0.4, 0.5) is 13.2 Å². The van der Waals surface area contributed by atoms with Gasteiger partial charge in [-0.15, -0.1) is 0 Å². The molecule has 19 heavy (non-hydrogen) atoms. The van der Waals surface area contributed by atoms with Crippen molar-refractivity contribution in [3.8, 4) is 0 Å². The maximum Gasteiger partial charge on any atom is 0.419 e. The molecule has 2 rings (SSSR count). The Morgan fingerprint density at radius 1 is 1.16 bits per heavy atom. The van der Waals surface area contributed by atoms with Crippen molar-refractivity contribution in [3.63, 3.8) is 0 Å². The van der Waals surface area contributed by atoms with Crippen LogP contribution in [0.5, 0.6) is 0 Å². The fraction of sp³-hybridized carbons (Fsp3) is 0.692. The lowest BCUT2D eigenvalue weighted by Crippen LogP contribution is -2.38. The smallest absolute Gasteiger partial charge is 0.301 e. The lowest BCUT2D eigenvalue weighted by Gasteiger charge is -2.33. The van der Waals surface area contributed by atoms with E-state index >= 15 is 0 Å². The summed E-state index contributed by atoms with van der Waals surface area (Å²) in [5.41, 5.74) is -0.782. The van der Waals surface area contributed by atoms with Crippen LogP contribution >= 0.6 is 0 Å². The molecule has 1 aliphatic heterocycles. The molecule has 106 valence electrons. The van der Waals surface area contributed by atoms with Crippen LogP contribution in [-0.2, 0) is 6.18 Å². The monoisotopic (exact) mass is 273 g/mol. The zero-order chi connectivity index (χ0) is 14.0. The summed E-state index contributed by atoms with van der Waals surface area (Å²) in [4.78, 5) is 10.1. The van der Waals surface area contributed by atoms with Crippen molar-refractivity contribution in [2.45, 2.75) is 44.8 Å². The summed E-state index contributed by atoms with van der Waals surface area (Å²) in [5.74, 6) is 0.716. The van der Waals surface area contributed by atoms with Crippen LogP contribution in [0.1, 0.15) is 44.0 Å². The summed E-state index contributed by atoms with van der Waals surface area (Å²) in [6.45, 7) is 6.20. The molecule has 0 amide bonds. The maximum absolute atomic E-state index is 12.4. The molecule has 0 unspecified atom stereocenters. The average molecular weight is 273 g/mol. The number of aromatic nitrogens is 2. The number of alkyl halides is 3. The largest absolute Gasteiger partial charge is 0.419 e. The summed E-state index contributed by atoms with van der Waals surface area (Å²) >= 11 is 0. The highest BCUT2D eigenvalue weighted by atomic mass is 19.4. The van der Waals surface area contributed by atoms with Gasteiger partial charge in [-0.2, -0.15) is 13.2 Å². The molecule has 0 bridgehead atoms. The summed E-state index contributed by atoms with van der Waals surface area (Å²) in [6.07, 6.45) is -0.777. The Kier molecular flexibility index (Phi) is 4.08. The predicted octanol–water partition coefficient (Wildman–Crippen LogP) is 3.08. The molecule has 0 radical (unpaired) electrons. The summed E-state index contributed by atoms with van der Waals surface area (Å²) < 4.78 is 37.2. The van der Waals surface area contributed by atoms with E-state index < -0.39 is 11.7 Å². The second-order valence-corrected chi connectivity index (χ2v) is 5.23. The van der Waals surface area contributed by atoms with Crippen molar-refractivity contribution in [1.82, 2.24) is 14.9 Å². The standard InChI is InChI=1S/C13H18F3N3/c1-9(2)19-5-3-10(4-6-19)12-17-7-11(8-18-12)13(14,15)16/h7-10H,3-6H2,1-2H3. The second kappa shape index (κ2) is 5.45. The normalized spacial score (nSPS) is 19.1. The van der Waals surface area contributed by atoms with E-state index in [0.29, 0.717) is 11.9 Å². The van der Waals surface area contributed by atoms with Gasteiger partial charge in [0.2, 0.25) is 0 Å². The SMILES string of the molecule is CC(C)N1CCC(c2ncc(C(F)(F)F)cn2)CC1. The van der Waals surface area contributed by atoms with Gasteiger partial charge in [0.05, 0.1) is 5.56 Å². The first-order chi connectivity index (χ1) is 8.88. The summed E-state index contributed by atoms with van der Waals surface area (Å²) in [7, 11) is 0. The molecule has 0 saturated carbocycles. The Balaban J connectivity index is 2.00. The van der Waals surface area contributed by atoms with Crippen molar-refractivity contribution >= 4 is 0 Å². The van der Waals surface area contributed by atoms with E-state index in [9.17, 15) is 13.2 Å². The van der Waals surface area contributed by atoms with Crippen LogP contribution in [0.25, 0.3) is 0 Å². The Bertz CT molecular complexity index is 406. The molecular weight excluding hydrogens is 255 g/mol. The molecule has 0 N–H and O–H groups in total. The van der Waals surface area contributed by atoms with Gasteiger partial charge >= 0.3 is 6.18 Å². The Hall–Kier alpha value is -1.17. The van der Waals surface area contributed by atoms with Crippen LogP contribution < -0.4 is 0 Å². The van der Waals surface area contributed by atoms with Gasteiger partial charge in [-0.25, -0.2) is 9.97 Å². The zero-order valence-electron chi connectivity index (χ0n) is 11.1. The quantitative estimate of drug-likeness (QED) is 0.829. The van der Waals surface area contributed by atoms with Crippen molar-refractivity contribution in [2.24, 2.45) is 0 Å². The van der Waals surface area contributed by atoms with Crippen LogP contribution in [0.3, 0.4) is 0 Å². The van der Waals surface area contributed by atoms with Crippen molar-refractivity contribution in [3.05, 3.63) is 23.8 Å². The van der Waals surface area contributed by atoms with E-state index in [1.807, 2.05) is 0 Å². The first kappa shape index (κ1) is 14.2. The topological polar surface area (TPSA) is 29.0 Å². The Labute approximate surface area is 110 Å². The van der Waals surface area contributed by atoms with E-state index in [0.717, 1.165) is 38.3 Å². The molecule has 0 aliphatic carbocycles. The van der Waals surface area contributed by atoms with Gasteiger partial charge in [-0.05, 0) is 39.8 Å². The molecule has 0 aromatic carbocycles. The number of hydrogen-bond acceptors (Lipinski definition) is 3. The van der Waals surface area contributed by atoms with Crippen LogP contribution in [0, 0.1) is 0 Å². The third-order valence-electron chi connectivity index (χ3n) is 3.62. The third kappa shape index (κ3) is 3.43. The minimum Gasteiger partial charge on any atom is -0.301 e. The zero-order valence-corrected chi connectivity index (χ0v) is 11.1. The van der Waals surface area contributed by atoms with E-state index in [2.05, 4.69) is 28.7 Å². The molecular formula is C13H18F3N3. The molecule has 3 nitrogen and oxygen atoms in total. The van der Waals surface area contributed by atoms with Gasteiger partial charge in [-0.1, -0.05) is 0 Å².